The lowest BCUT2D eigenvalue weighted by Gasteiger charge is -2.20. The van der Waals surface area contributed by atoms with E-state index in [2.05, 4.69) is 16.4 Å². The molecule has 0 radical (unpaired) electrons. The van der Waals surface area contributed by atoms with Gasteiger partial charge >= 0.3 is 9.05 Å². The van der Waals surface area contributed by atoms with E-state index in [1.54, 1.807) is 6.92 Å². The predicted molar refractivity (Wildman–Crippen MR) is 57.8 cm³/mol. The minimum absolute atomic E-state index is 0.334. The molecule has 6 heteroatoms. The monoisotopic (exact) mass is 238 g/mol. The number of rotatable bonds is 10. The Morgan fingerprint density at radius 1 is 1.07 bits per heavy atom. The topological polar surface area (TPSA) is 57.2 Å². The molecule has 5 nitrogen and oxygen atoms in total. The van der Waals surface area contributed by atoms with Gasteiger partial charge in [0.2, 0.25) is 0 Å². The Kier molecular flexibility index (Phi) is 9.27. The van der Waals surface area contributed by atoms with Gasteiger partial charge in [0.05, 0.1) is 7.11 Å². The molecule has 92 valence electrons. The van der Waals surface area contributed by atoms with E-state index in [1.165, 1.54) is 20.0 Å². The molecule has 0 saturated carbocycles. The van der Waals surface area contributed by atoms with E-state index in [0.717, 1.165) is 12.8 Å². The lowest BCUT2D eigenvalue weighted by atomic mass is 10.2. The zero-order valence-electron chi connectivity index (χ0n) is 9.82. The van der Waals surface area contributed by atoms with Crippen LogP contribution in [0.2, 0.25) is 0 Å². The highest BCUT2D eigenvalue weighted by molar-refractivity contribution is 6.51. The normalized spacial score (nSPS) is 15.2. The quantitative estimate of drug-likeness (QED) is 0.271. The lowest BCUT2D eigenvalue weighted by Crippen LogP contribution is -2.46. The van der Waals surface area contributed by atoms with Gasteiger partial charge in [-0.3, -0.25) is 0 Å². The Morgan fingerprint density at radius 2 is 1.80 bits per heavy atom. The molecule has 0 spiro atoms. The summed E-state index contributed by atoms with van der Waals surface area (Å²) in [5.41, 5.74) is 0. The minimum atomic E-state index is -3.53. The number of hydrogen-bond acceptors (Lipinski definition) is 5. The SMILES string of the molecule is CCCCCCO[Si](O)(OCC)OOC. The van der Waals surface area contributed by atoms with Gasteiger partial charge in [-0.05, 0) is 13.3 Å². The Morgan fingerprint density at radius 3 is 2.33 bits per heavy atom. The Bertz CT molecular complexity index is 138. The first-order valence-corrected chi connectivity index (χ1v) is 7.07. The van der Waals surface area contributed by atoms with E-state index in [4.69, 9.17) is 8.85 Å². The van der Waals surface area contributed by atoms with Gasteiger partial charge in [-0.2, -0.15) is 4.58 Å². The molecule has 0 aliphatic rings. The van der Waals surface area contributed by atoms with E-state index >= 15 is 0 Å². The highest BCUT2D eigenvalue weighted by Crippen LogP contribution is 2.08. The van der Waals surface area contributed by atoms with Crippen LogP contribution in [0.4, 0.5) is 0 Å². The summed E-state index contributed by atoms with van der Waals surface area (Å²) >= 11 is 0. The van der Waals surface area contributed by atoms with Gasteiger partial charge in [-0.25, -0.2) is 4.89 Å². The largest absolute Gasteiger partial charge is 0.705 e. The van der Waals surface area contributed by atoms with E-state index in [9.17, 15) is 4.80 Å². The average molecular weight is 238 g/mol. The van der Waals surface area contributed by atoms with Gasteiger partial charge in [-0.1, -0.05) is 26.2 Å². The minimum Gasteiger partial charge on any atom is -0.366 e. The van der Waals surface area contributed by atoms with Gasteiger partial charge in [-0.15, -0.1) is 0 Å². The maximum Gasteiger partial charge on any atom is 0.705 e. The smallest absolute Gasteiger partial charge is 0.366 e. The van der Waals surface area contributed by atoms with Crippen molar-refractivity contribution in [2.75, 3.05) is 20.3 Å². The highest BCUT2D eigenvalue weighted by atomic mass is 28.4. The van der Waals surface area contributed by atoms with Crippen LogP contribution in [0.1, 0.15) is 39.5 Å². The van der Waals surface area contributed by atoms with E-state index < -0.39 is 9.05 Å². The Balaban J connectivity index is 3.65. The zero-order valence-corrected chi connectivity index (χ0v) is 10.8. The molecular weight excluding hydrogens is 216 g/mol. The molecule has 0 rings (SSSR count). The van der Waals surface area contributed by atoms with Crippen LogP contribution in [0.15, 0.2) is 0 Å². The third-order valence-corrected chi connectivity index (χ3v) is 3.40. The fourth-order valence-electron chi connectivity index (χ4n) is 1.11. The maximum absolute atomic E-state index is 9.72. The molecule has 0 aromatic rings. The summed E-state index contributed by atoms with van der Waals surface area (Å²) in [4.78, 5) is 14.1. The molecule has 0 saturated heterocycles. The van der Waals surface area contributed by atoms with Crippen molar-refractivity contribution < 1.29 is 23.1 Å². The van der Waals surface area contributed by atoms with Crippen LogP contribution in [0.5, 0.6) is 0 Å². The Labute approximate surface area is 92.7 Å². The van der Waals surface area contributed by atoms with Crippen molar-refractivity contribution in [1.82, 2.24) is 0 Å². The summed E-state index contributed by atoms with van der Waals surface area (Å²) in [5, 5.41) is 0. The zero-order chi connectivity index (χ0) is 11.6. The molecule has 0 amide bonds. The number of hydrogen-bond donors (Lipinski definition) is 1. The van der Waals surface area contributed by atoms with Crippen molar-refractivity contribution in [1.29, 1.82) is 0 Å². The van der Waals surface area contributed by atoms with Crippen LogP contribution in [-0.4, -0.2) is 34.2 Å². The lowest BCUT2D eigenvalue weighted by molar-refractivity contribution is -0.249. The van der Waals surface area contributed by atoms with Crippen LogP contribution < -0.4 is 0 Å². The number of unbranched alkanes of at least 4 members (excludes halogenated alkanes) is 3. The van der Waals surface area contributed by atoms with Crippen LogP contribution in [0.25, 0.3) is 0 Å². The summed E-state index contributed by atoms with van der Waals surface area (Å²) in [6, 6.07) is 0. The first-order valence-electron chi connectivity index (χ1n) is 5.40. The van der Waals surface area contributed by atoms with Crippen LogP contribution in [0.3, 0.4) is 0 Å². The van der Waals surface area contributed by atoms with Crippen molar-refractivity contribution >= 4 is 9.05 Å². The standard InChI is InChI=1S/C9H22O5Si/c1-4-6-7-8-9-13-15(10,12-5-2)14-11-3/h10H,4-9H2,1-3H3. The second-order valence-corrected chi connectivity index (χ2v) is 4.91. The highest BCUT2D eigenvalue weighted by Gasteiger charge is 2.42. The molecule has 0 heterocycles. The molecule has 0 bridgehead atoms. The molecule has 1 atom stereocenters. The second-order valence-electron chi connectivity index (χ2n) is 3.12. The molecule has 15 heavy (non-hydrogen) atoms. The van der Waals surface area contributed by atoms with Crippen LogP contribution in [-0.2, 0) is 18.3 Å². The average Bonchev–Trinajstić information content (AvgIpc) is 2.18. The van der Waals surface area contributed by atoms with Crippen molar-refractivity contribution in [3.05, 3.63) is 0 Å². The van der Waals surface area contributed by atoms with Crippen molar-refractivity contribution in [3.8, 4) is 0 Å². The summed E-state index contributed by atoms with van der Waals surface area (Å²) < 4.78 is 14.8. The van der Waals surface area contributed by atoms with E-state index in [-0.39, 0.29) is 0 Å². The second kappa shape index (κ2) is 9.26. The third kappa shape index (κ3) is 7.89. The van der Waals surface area contributed by atoms with Crippen molar-refractivity contribution in [2.24, 2.45) is 0 Å². The molecule has 0 aliphatic heterocycles. The molecular formula is C9H22O5Si. The van der Waals surface area contributed by atoms with E-state index in [1.807, 2.05) is 0 Å². The molecule has 1 N–H and O–H groups in total. The molecule has 0 aliphatic carbocycles. The molecule has 0 aromatic heterocycles. The fourth-order valence-corrected chi connectivity index (χ4v) is 2.26. The van der Waals surface area contributed by atoms with Gasteiger partial charge in [0.25, 0.3) is 0 Å². The molecule has 0 aromatic carbocycles. The third-order valence-electron chi connectivity index (χ3n) is 1.80. The molecule has 1 unspecified atom stereocenters. The first-order chi connectivity index (χ1) is 7.18. The maximum atomic E-state index is 9.72. The first kappa shape index (κ1) is 15.0. The summed E-state index contributed by atoms with van der Waals surface area (Å²) in [6.45, 7) is 4.67. The predicted octanol–water partition coefficient (Wildman–Crippen LogP) is 1.63. The van der Waals surface area contributed by atoms with Crippen LogP contribution in [0, 0.1) is 0 Å². The van der Waals surface area contributed by atoms with Gasteiger partial charge in [0.15, 0.2) is 0 Å². The van der Waals surface area contributed by atoms with Gasteiger partial charge in [0.1, 0.15) is 0 Å². The van der Waals surface area contributed by atoms with E-state index in [0.29, 0.717) is 13.2 Å². The fraction of sp³-hybridized carbons (Fsp3) is 1.00. The molecule has 0 fully saturated rings. The summed E-state index contributed by atoms with van der Waals surface area (Å²) in [7, 11) is -2.21. The summed E-state index contributed by atoms with van der Waals surface area (Å²) in [6.07, 6.45) is 4.31. The van der Waals surface area contributed by atoms with Crippen molar-refractivity contribution in [3.63, 3.8) is 0 Å². The van der Waals surface area contributed by atoms with Crippen LogP contribution >= 0.6 is 0 Å². The van der Waals surface area contributed by atoms with Gasteiger partial charge in [0, 0.05) is 13.2 Å². The van der Waals surface area contributed by atoms with Gasteiger partial charge < -0.3 is 13.6 Å². The Hall–Kier alpha value is 0.0169. The summed E-state index contributed by atoms with van der Waals surface area (Å²) in [5.74, 6) is 0. The van der Waals surface area contributed by atoms with Crippen molar-refractivity contribution in [2.45, 2.75) is 39.5 Å².